The number of carbonyl (C=O) groups excluding carboxylic acids is 2. The van der Waals surface area contributed by atoms with E-state index >= 15 is 0 Å². The molecule has 0 atom stereocenters. The van der Waals surface area contributed by atoms with Crippen LogP contribution in [0.1, 0.15) is 64.9 Å². The molecular formula is C25H38N2O5. The second-order valence-corrected chi connectivity index (χ2v) is 9.92. The Kier molecular flexibility index (Phi) is 7.57. The van der Waals surface area contributed by atoms with Crippen LogP contribution < -0.4 is 9.47 Å². The summed E-state index contributed by atoms with van der Waals surface area (Å²) in [6.45, 7) is 7.28. The Bertz CT molecular complexity index is 811. The van der Waals surface area contributed by atoms with E-state index in [0.717, 1.165) is 31.2 Å². The molecule has 1 aliphatic carbocycles. The summed E-state index contributed by atoms with van der Waals surface area (Å²) in [7, 11) is 3.23. The molecule has 0 aromatic heterocycles. The molecule has 178 valence electrons. The topological polar surface area (TPSA) is 68.3 Å². The van der Waals surface area contributed by atoms with E-state index < -0.39 is 5.60 Å². The number of carbonyl (C=O) groups is 2. The van der Waals surface area contributed by atoms with Crippen molar-refractivity contribution in [2.45, 2.75) is 76.9 Å². The summed E-state index contributed by atoms with van der Waals surface area (Å²) in [4.78, 5) is 29.9. The van der Waals surface area contributed by atoms with Crippen molar-refractivity contribution in [1.82, 2.24) is 9.80 Å². The van der Waals surface area contributed by atoms with E-state index in [0.29, 0.717) is 44.0 Å². The quantitative estimate of drug-likeness (QED) is 0.670. The van der Waals surface area contributed by atoms with Crippen LogP contribution in [-0.4, -0.2) is 66.8 Å². The molecule has 32 heavy (non-hydrogen) atoms. The van der Waals surface area contributed by atoms with Gasteiger partial charge in [0, 0.05) is 26.1 Å². The Morgan fingerprint density at radius 2 is 1.69 bits per heavy atom. The maximum Gasteiger partial charge on any atom is 0.410 e. The number of rotatable bonds is 5. The Morgan fingerprint density at radius 3 is 2.31 bits per heavy atom. The molecular weight excluding hydrogens is 408 g/mol. The van der Waals surface area contributed by atoms with Crippen LogP contribution in [0.25, 0.3) is 0 Å². The Morgan fingerprint density at radius 1 is 1.00 bits per heavy atom. The van der Waals surface area contributed by atoms with Crippen molar-refractivity contribution in [2.75, 3.05) is 33.9 Å². The lowest BCUT2D eigenvalue weighted by Gasteiger charge is -2.52. The van der Waals surface area contributed by atoms with Crippen molar-refractivity contribution >= 4 is 12.0 Å². The minimum absolute atomic E-state index is 0.158. The lowest BCUT2D eigenvalue weighted by molar-refractivity contribution is -0.144. The van der Waals surface area contributed by atoms with Gasteiger partial charge in [0.05, 0.1) is 19.8 Å². The number of benzene rings is 1. The van der Waals surface area contributed by atoms with Crippen LogP contribution in [0.3, 0.4) is 0 Å². The molecule has 7 heteroatoms. The summed E-state index contributed by atoms with van der Waals surface area (Å²) in [6, 6.07) is 5.79. The zero-order valence-corrected chi connectivity index (χ0v) is 20.2. The van der Waals surface area contributed by atoms with Crippen LogP contribution in [0, 0.1) is 0 Å². The van der Waals surface area contributed by atoms with Gasteiger partial charge in [0.2, 0.25) is 5.91 Å². The van der Waals surface area contributed by atoms with Gasteiger partial charge in [-0.05, 0) is 57.7 Å². The minimum Gasteiger partial charge on any atom is -0.493 e. The highest BCUT2D eigenvalue weighted by atomic mass is 16.6. The number of hydrogen-bond donors (Lipinski definition) is 0. The van der Waals surface area contributed by atoms with Crippen LogP contribution in [0.2, 0.25) is 0 Å². The SMILES string of the molecule is COc1ccc(CCC(=O)N2CCN(C(=O)OC(C)(C)C)CC23CCCCC3)cc1OC. The van der Waals surface area contributed by atoms with Gasteiger partial charge in [-0.25, -0.2) is 4.79 Å². The molecule has 0 radical (unpaired) electrons. The van der Waals surface area contributed by atoms with Gasteiger partial charge in [0.25, 0.3) is 0 Å². The normalized spacial score (nSPS) is 18.4. The summed E-state index contributed by atoms with van der Waals surface area (Å²) < 4.78 is 16.3. The molecule has 2 aliphatic rings. The van der Waals surface area contributed by atoms with Crippen molar-refractivity contribution in [3.05, 3.63) is 23.8 Å². The molecule has 0 unspecified atom stereocenters. The second-order valence-electron chi connectivity index (χ2n) is 9.92. The smallest absolute Gasteiger partial charge is 0.410 e. The lowest BCUT2D eigenvalue weighted by atomic mass is 9.78. The highest BCUT2D eigenvalue weighted by Crippen LogP contribution is 2.37. The van der Waals surface area contributed by atoms with Crippen molar-refractivity contribution < 1.29 is 23.8 Å². The summed E-state index contributed by atoms with van der Waals surface area (Å²) in [6.07, 6.45) is 6.03. The highest BCUT2D eigenvalue weighted by molar-refractivity contribution is 5.78. The maximum atomic E-state index is 13.4. The lowest BCUT2D eigenvalue weighted by Crippen LogP contribution is -2.65. The van der Waals surface area contributed by atoms with E-state index in [2.05, 4.69) is 4.90 Å². The number of piperazine rings is 1. The first kappa shape index (κ1) is 24.2. The third-order valence-corrected chi connectivity index (χ3v) is 6.46. The summed E-state index contributed by atoms with van der Waals surface area (Å²) in [5, 5.41) is 0. The molecule has 1 saturated heterocycles. The van der Waals surface area contributed by atoms with Gasteiger partial charge in [-0.2, -0.15) is 0 Å². The van der Waals surface area contributed by atoms with Crippen molar-refractivity contribution in [1.29, 1.82) is 0 Å². The van der Waals surface area contributed by atoms with Gasteiger partial charge in [-0.15, -0.1) is 0 Å². The first-order valence-corrected chi connectivity index (χ1v) is 11.7. The van der Waals surface area contributed by atoms with E-state index in [1.54, 1.807) is 19.1 Å². The third-order valence-electron chi connectivity index (χ3n) is 6.46. The molecule has 0 N–H and O–H groups in total. The minimum atomic E-state index is -0.525. The van der Waals surface area contributed by atoms with Gasteiger partial charge in [-0.3, -0.25) is 4.79 Å². The average molecular weight is 447 g/mol. The van der Waals surface area contributed by atoms with E-state index in [4.69, 9.17) is 14.2 Å². The van der Waals surface area contributed by atoms with Crippen LogP contribution in [-0.2, 0) is 16.0 Å². The number of aryl methyl sites for hydroxylation is 1. The number of methoxy groups -OCH3 is 2. The fourth-order valence-corrected chi connectivity index (χ4v) is 4.91. The van der Waals surface area contributed by atoms with Gasteiger partial charge in [-0.1, -0.05) is 25.3 Å². The average Bonchev–Trinajstić information content (AvgIpc) is 2.76. The molecule has 1 heterocycles. The second kappa shape index (κ2) is 10.0. The predicted molar refractivity (Wildman–Crippen MR) is 123 cm³/mol. The third kappa shape index (κ3) is 5.67. The molecule has 2 fully saturated rings. The Labute approximate surface area is 192 Å². The van der Waals surface area contributed by atoms with Gasteiger partial charge >= 0.3 is 6.09 Å². The summed E-state index contributed by atoms with van der Waals surface area (Å²) >= 11 is 0. The summed E-state index contributed by atoms with van der Waals surface area (Å²) in [5.41, 5.74) is 0.242. The van der Waals surface area contributed by atoms with E-state index in [-0.39, 0.29) is 17.5 Å². The Hall–Kier alpha value is -2.44. The van der Waals surface area contributed by atoms with Crippen LogP contribution in [0.15, 0.2) is 18.2 Å². The zero-order valence-electron chi connectivity index (χ0n) is 20.2. The number of nitrogens with zero attached hydrogens (tertiary/aromatic N) is 2. The van der Waals surface area contributed by atoms with Crippen molar-refractivity contribution in [3.8, 4) is 11.5 Å². The molecule has 0 bridgehead atoms. The van der Waals surface area contributed by atoms with E-state index in [1.807, 2.05) is 39.0 Å². The largest absolute Gasteiger partial charge is 0.493 e. The van der Waals surface area contributed by atoms with Crippen LogP contribution in [0.4, 0.5) is 4.79 Å². The predicted octanol–water partition coefficient (Wildman–Crippen LogP) is 4.42. The molecule has 1 saturated carbocycles. The van der Waals surface area contributed by atoms with E-state index in [9.17, 15) is 9.59 Å². The number of hydrogen-bond acceptors (Lipinski definition) is 5. The molecule has 7 nitrogen and oxygen atoms in total. The molecule has 1 aliphatic heterocycles. The van der Waals surface area contributed by atoms with Gasteiger partial charge in [0.15, 0.2) is 11.5 Å². The Balaban J connectivity index is 1.69. The molecule has 2 amide bonds. The van der Waals surface area contributed by atoms with Crippen molar-refractivity contribution in [2.24, 2.45) is 0 Å². The van der Waals surface area contributed by atoms with Gasteiger partial charge in [0.1, 0.15) is 5.60 Å². The molecule has 1 aromatic rings. The van der Waals surface area contributed by atoms with E-state index in [1.165, 1.54) is 6.42 Å². The zero-order chi connectivity index (χ0) is 23.4. The van der Waals surface area contributed by atoms with Crippen molar-refractivity contribution in [3.63, 3.8) is 0 Å². The van der Waals surface area contributed by atoms with Crippen LogP contribution in [0.5, 0.6) is 11.5 Å². The van der Waals surface area contributed by atoms with Crippen LogP contribution >= 0.6 is 0 Å². The fraction of sp³-hybridized carbons (Fsp3) is 0.680. The number of amides is 2. The molecule has 3 rings (SSSR count). The fourth-order valence-electron chi connectivity index (χ4n) is 4.91. The molecule has 1 spiro atoms. The summed E-state index contributed by atoms with van der Waals surface area (Å²) in [5.74, 6) is 1.51. The standard InChI is InChI=1S/C25H38N2O5/c1-24(2,3)32-23(29)26-15-16-27(25(18-26)13-7-6-8-14-25)22(28)12-10-19-9-11-20(30-4)21(17-19)31-5/h9,11,17H,6-8,10,12-16,18H2,1-5H3. The monoisotopic (exact) mass is 446 g/mol. The molecule has 1 aromatic carbocycles. The number of ether oxygens (including phenoxy) is 3. The first-order valence-electron chi connectivity index (χ1n) is 11.7. The first-order chi connectivity index (χ1) is 15.2. The maximum absolute atomic E-state index is 13.4. The van der Waals surface area contributed by atoms with Gasteiger partial charge < -0.3 is 24.0 Å². The highest BCUT2D eigenvalue weighted by Gasteiger charge is 2.46.